The van der Waals surface area contributed by atoms with Crippen LogP contribution in [0.4, 0.5) is 11.4 Å². The minimum absolute atomic E-state index is 0.691. The van der Waals surface area contributed by atoms with E-state index < -0.39 is 0 Å². The smallest absolute Gasteiger partial charge is 0.0657 e. The van der Waals surface area contributed by atoms with Crippen molar-refractivity contribution in [3.05, 3.63) is 23.2 Å². The Bertz CT molecular complexity index is 274. The van der Waals surface area contributed by atoms with Crippen molar-refractivity contribution >= 4 is 23.0 Å². The van der Waals surface area contributed by atoms with Crippen LogP contribution in [0, 0.1) is 0 Å². The van der Waals surface area contributed by atoms with Gasteiger partial charge in [-0.3, -0.25) is 0 Å². The zero-order valence-corrected chi connectivity index (χ0v) is 8.56. The lowest BCUT2D eigenvalue weighted by atomic mass is 10.2. The number of nitrogen functional groups attached to an aromatic ring is 1. The molecule has 0 aromatic heterocycles. The van der Waals surface area contributed by atoms with Crippen LogP contribution in [-0.2, 0) is 0 Å². The van der Waals surface area contributed by atoms with Crippen LogP contribution in [-0.4, -0.2) is 6.54 Å². The lowest BCUT2D eigenvalue weighted by molar-refractivity contribution is 0.834. The molecule has 13 heavy (non-hydrogen) atoms. The van der Waals surface area contributed by atoms with Gasteiger partial charge in [-0.15, -0.1) is 0 Å². The number of hydrogen-bond donors (Lipinski definition) is 2. The minimum atomic E-state index is 0.691. The van der Waals surface area contributed by atoms with Gasteiger partial charge in [0, 0.05) is 12.2 Å². The van der Waals surface area contributed by atoms with E-state index in [0.29, 0.717) is 10.7 Å². The zero-order chi connectivity index (χ0) is 9.68. The normalized spacial score (nSPS) is 10.0. The van der Waals surface area contributed by atoms with Gasteiger partial charge in [0.1, 0.15) is 0 Å². The predicted molar refractivity (Wildman–Crippen MR) is 59.3 cm³/mol. The Morgan fingerprint density at radius 3 is 2.85 bits per heavy atom. The van der Waals surface area contributed by atoms with Gasteiger partial charge in [-0.05, 0) is 24.6 Å². The third kappa shape index (κ3) is 3.15. The summed E-state index contributed by atoms with van der Waals surface area (Å²) in [6.45, 7) is 3.12. The van der Waals surface area contributed by atoms with Crippen molar-refractivity contribution in [1.29, 1.82) is 0 Å². The number of halogens is 1. The number of nitrogens with two attached hydrogens (primary N) is 1. The molecule has 0 fully saturated rings. The second-order valence-corrected chi connectivity index (χ2v) is 3.43. The molecule has 0 saturated heterocycles. The van der Waals surface area contributed by atoms with E-state index in [2.05, 4.69) is 12.2 Å². The summed E-state index contributed by atoms with van der Waals surface area (Å²) in [5.41, 5.74) is 7.23. The Balaban J connectivity index is 2.56. The SMILES string of the molecule is CCCCNc1ccc(N)cc1Cl. The van der Waals surface area contributed by atoms with E-state index in [1.165, 1.54) is 6.42 Å². The second-order valence-electron chi connectivity index (χ2n) is 3.02. The Kier molecular flexibility index (Phi) is 3.90. The number of anilines is 2. The molecule has 72 valence electrons. The van der Waals surface area contributed by atoms with Gasteiger partial charge in [-0.2, -0.15) is 0 Å². The number of rotatable bonds is 4. The Hall–Kier alpha value is -0.890. The van der Waals surface area contributed by atoms with Crippen molar-refractivity contribution in [2.45, 2.75) is 19.8 Å². The third-order valence-corrected chi connectivity index (χ3v) is 2.15. The molecule has 0 heterocycles. The molecular weight excluding hydrogens is 184 g/mol. The van der Waals surface area contributed by atoms with Crippen LogP contribution in [0.15, 0.2) is 18.2 Å². The lowest BCUT2D eigenvalue weighted by Crippen LogP contribution is -2.01. The molecule has 2 nitrogen and oxygen atoms in total. The maximum atomic E-state index is 5.97. The summed E-state index contributed by atoms with van der Waals surface area (Å²) >= 11 is 5.97. The fraction of sp³-hybridized carbons (Fsp3) is 0.400. The third-order valence-electron chi connectivity index (χ3n) is 1.84. The summed E-state index contributed by atoms with van der Waals surface area (Å²) in [6.07, 6.45) is 2.33. The molecule has 3 N–H and O–H groups in total. The van der Waals surface area contributed by atoms with Crippen LogP contribution in [0.2, 0.25) is 5.02 Å². The molecular formula is C10H15ClN2. The zero-order valence-electron chi connectivity index (χ0n) is 7.81. The summed E-state index contributed by atoms with van der Waals surface area (Å²) in [7, 11) is 0. The van der Waals surface area contributed by atoms with Gasteiger partial charge in [0.15, 0.2) is 0 Å². The van der Waals surface area contributed by atoms with E-state index in [4.69, 9.17) is 17.3 Å². The van der Waals surface area contributed by atoms with Gasteiger partial charge in [0.05, 0.1) is 10.7 Å². The monoisotopic (exact) mass is 198 g/mol. The molecule has 0 spiro atoms. The molecule has 0 amide bonds. The minimum Gasteiger partial charge on any atom is -0.399 e. The molecule has 0 unspecified atom stereocenters. The van der Waals surface area contributed by atoms with Crippen LogP contribution in [0.25, 0.3) is 0 Å². The summed E-state index contributed by atoms with van der Waals surface area (Å²) in [6, 6.07) is 5.52. The average Bonchev–Trinajstić information content (AvgIpc) is 2.09. The predicted octanol–water partition coefficient (Wildman–Crippen LogP) is 3.13. The quantitative estimate of drug-likeness (QED) is 0.576. The molecule has 0 radical (unpaired) electrons. The maximum absolute atomic E-state index is 5.97. The first-order valence-corrected chi connectivity index (χ1v) is 4.90. The van der Waals surface area contributed by atoms with Crippen LogP contribution in [0.3, 0.4) is 0 Å². The topological polar surface area (TPSA) is 38.0 Å². The van der Waals surface area contributed by atoms with E-state index >= 15 is 0 Å². The van der Waals surface area contributed by atoms with E-state index in [0.717, 1.165) is 18.7 Å². The van der Waals surface area contributed by atoms with Crippen LogP contribution in [0.5, 0.6) is 0 Å². The van der Waals surface area contributed by atoms with Crippen molar-refractivity contribution in [3.8, 4) is 0 Å². The number of unbranched alkanes of at least 4 members (excludes halogenated alkanes) is 1. The number of hydrogen-bond acceptors (Lipinski definition) is 2. The van der Waals surface area contributed by atoms with Gasteiger partial charge >= 0.3 is 0 Å². The van der Waals surface area contributed by atoms with Crippen molar-refractivity contribution in [1.82, 2.24) is 0 Å². The van der Waals surface area contributed by atoms with Crippen LogP contribution >= 0.6 is 11.6 Å². The highest BCUT2D eigenvalue weighted by molar-refractivity contribution is 6.33. The van der Waals surface area contributed by atoms with Gasteiger partial charge in [-0.1, -0.05) is 24.9 Å². The largest absolute Gasteiger partial charge is 0.399 e. The fourth-order valence-electron chi connectivity index (χ4n) is 1.07. The average molecular weight is 199 g/mol. The fourth-order valence-corrected chi connectivity index (χ4v) is 1.33. The summed E-state index contributed by atoms with van der Waals surface area (Å²) in [4.78, 5) is 0. The summed E-state index contributed by atoms with van der Waals surface area (Å²) < 4.78 is 0. The molecule has 0 saturated carbocycles. The summed E-state index contributed by atoms with van der Waals surface area (Å²) in [5, 5.41) is 3.94. The maximum Gasteiger partial charge on any atom is 0.0657 e. The molecule has 1 aromatic rings. The lowest BCUT2D eigenvalue weighted by Gasteiger charge is -2.07. The highest BCUT2D eigenvalue weighted by Crippen LogP contribution is 2.23. The van der Waals surface area contributed by atoms with E-state index in [1.807, 2.05) is 12.1 Å². The first-order chi connectivity index (χ1) is 6.24. The number of benzene rings is 1. The van der Waals surface area contributed by atoms with Gasteiger partial charge in [0.25, 0.3) is 0 Å². The highest BCUT2D eigenvalue weighted by Gasteiger charge is 1.98. The molecule has 0 aliphatic rings. The summed E-state index contributed by atoms with van der Waals surface area (Å²) in [5.74, 6) is 0. The highest BCUT2D eigenvalue weighted by atomic mass is 35.5. The van der Waals surface area contributed by atoms with Crippen molar-refractivity contribution in [2.75, 3.05) is 17.6 Å². The van der Waals surface area contributed by atoms with Crippen molar-refractivity contribution < 1.29 is 0 Å². The molecule has 0 aliphatic heterocycles. The molecule has 1 rings (SSSR count). The first-order valence-electron chi connectivity index (χ1n) is 4.53. The van der Waals surface area contributed by atoms with E-state index in [9.17, 15) is 0 Å². The van der Waals surface area contributed by atoms with Crippen molar-refractivity contribution in [3.63, 3.8) is 0 Å². The molecule has 0 bridgehead atoms. The van der Waals surface area contributed by atoms with E-state index in [-0.39, 0.29) is 0 Å². The Labute approximate surface area is 84.1 Å². The second kappa shape index (κ2) is 4.97. The Morgan fingerprint density at radius 2 is 2.23 bits per heavy atom. The molecule has 1 aromatic carbocycles. The van der Waals surface area contributed by atoms with Gasteiger partial charge in [0.2, 0.25) is 0 Å². The van der Waals surface area contributed by atoms with Gasteiger partial charge < -0.3 is 11.1 Å². The molecule has 0 atom stereocenters. The number of nitrogens with one attached hydrogen (secondary N) is 1. The van der Waals surface area contributed by atoms with Crippen molar-refractivity contribution in [2.24, 2.45) is 0 Å². The van der Waals surface area contributed by atoms with Crippen LogP contribution in [0.1, 0.15) is 19.8 Å². The van der Waals surface area contributed by atoms with Gasteiger partial charge in [-0.25, -0.2) is 0 Å². The Morgan fingerprint density at radius 1 is 1.46 bits per heavy atom. The van der Waals surface area contributed by atoms with Crippen LogP contribution < -0.4 is 11.1 Å². The molecule has 3 heteroatoms. The first kappa shape index (κ1) is 10.2. The molecule has 0 aliphatic carbocycles. The van der Waals surface area contributed by atoms with E-state index in [1.54, 1.807) is 6.07 Å². The standard InChI is InChI=1S/C10H15ClN2/c1-2-3-6-13-10-5-4-8(12)7-9(10)11/h4-5,7,13H,2-3,6,12H2,1H3.